The van der Waals surface area contributed by atoms with Crippen molar-refractivity contribution in [3.63, 3.8) is 0 Å². The molecule has 0 spiro atoms. The van der Waals surface area contributed by atoms with Crippen molar-refractivity contribution < 1.29 is 22.7 Å². The highest BCUT2D eigenvalue weighted by Crippen LogP contribution is 2.35. The number of rotatable bonds is 14. The molecule has 0 aliphatic carbocycles. The molecule has 2 atom stereocenters. The Bertz CT molecular complexity index is 1770. The summed E-state index contributed by atoms with van der Waals surface area (Å²) in [6.07, 6.45) is 0.889. The van der Waals surface area contributed by atoms with Crippen LogP contribution in [0, 0.1) is 6.92 Å². The second-order valence-electron chi connectivity index (χ2n) is 11.3. The molecule has 4 rings (SSSR count). The largest absolute Gasteiger partial charge is 0.495 e. The van der Waals surface area contributed by atoms with Gasteiger partial charge in [0.05, 0.1) is 17.7 Å². The number of hydrogen-bond donors (Lipinski definition) is 1. The molecule has 11 heteroatoms. The summed E-state index contributed by atoms with van der Waals surface area (Å²) in [6.45, 7) is 5.09. The van der Waals surface area contributed by atoms with Crippen LogP contribution < -0.4 is 14.4 Å². The summed E-state index contributed by atoms with van der Waals surface area (Å²) in [4.78, 5) is 30.0. The predicted octanol–water partition coefficient (Wildman–Crippen LogP) is 7.06. The minimum absolute atomic E-state index is 0.0162. The van der Waals surface area contributed by atoms with E-state index in [1.807, 2.05) is 51.1 Å². The fourth-order valence-electron chi connectivity index (χ4n) is 4.99. The Kier molecular flexibility index (Phi) is 12.3. The molecule has 0 aliphatic rings. The smallest absolute Gasteiger partial charge is 0.264 e. The molecule has 0 fully saturated rings. The lowest BCUT2D eigenvalue weighted by molar-refractivity contribution is -0.140. The van der Waals surface area contributed by atoms with Gasteiger partial charge in [-0.3, -0.25) is 13.9 Å². The molecule has 1 N–H and O–H groups in total. The first-order valence-corrected chi connectivity index (χ1v) is 17.4. The van der Waals surface area contributed by atoms with E-state index in [1.54, 1.807) is 48.5 Å². The van der Waals surface area contributed by atoms with Crippen molar-refractivity contribution in [1.82, 2.24) is 10.2 Å². The molecule has 0 bridgehead atoms. The second-order valence-corrected chi connectivity index (χ2v) is 14.0. The molecule has 8 nitrogen and oxygen atoms in total. The topological polar surface area (TPSA) is 96.0 Å². The van der Waals surface area contributed by atoms with Gasteiger partial charge >= 0.3 is 0 Å². The molecule has 0 aromatic heterocycles. The van der Waals surface area contributed by atoms with Crippen LogP contribution in [0.5, 0.6) is 5.75 Å². The zero-order valence-corrected chi connectivity index (χ0v) is 29.1. The van der Waals surface area contributed by atoms with E-state index in [0.29, 0.717) is 17.0 Å². The molecule has 0 saturated carbocycles. The van der Waals surface area contributed by atoms with Gasteiger partial charge in [0.25, 0.3) is 10.0 Å². The third-order valence-corrected chi connectivity index (χ3v) is 10.1. The molecule has 47 heavy (non-hydrogen) atoms. The first-order chi connectivity index (χ1) is 22.4. The highest BCUT2D eigenvalue weighted by Gasteiger charge is 2.36. The molecule has 4 aromatic carbocycles. The first kappa shape index (κ1) is 35.8. The van der Waals surface area contributed by atoms with Crippen molar-refractivity contribution in [2.75, 3.05) is 18.0 Å². The van der Waals surface area contributed by atoms with E-state index in [0.717, 1.165) is 15.4 Å². The SMILES string of the molecule is CC[C@@H](C)NC(=O)[C@@H](Cc1ccccc1)N(Cc1ccc(Cl)cc1)C(=O)CN(c1cc(Cl)ccc1OC)S(=O)(=O)c1ccc(C)cc1. The Morgan fingerprint density at radius 1 is 0.872 bits per heavy atom. The van der Waals surface area contributed by atoms with Crippen molar-refractivity contribution in [2.45, 2.75) is 57.1 Å². The number of ether oxygens (including phenoxy) is 1. The van der Waals surface area contributed by atoms with Crippen LogP contribution in [0.25, 0.3) is 0 Å². The fourth-order valence-corrected chi connectivity index (χ4v) is 6.70. The molecule has 0 aliphatic heterocycles. The van der Waals surface area contributed by atoms with Crippen molar-refractivity contribution in [3.05, 3.63) is 124 Å². The van der Waals surface area contributed by atoms with E-state index < -0.39 is 28.5 Å². The Balaban J connectivity index is 1.85. The van der Waals surface area contributed by atoms with Crippen LogP contribution in [0.1, 0.15) is 37.0 Å². The maximum Gasteiger partial charge on any atom is 0.264 e. The van der Waals surface area contributed by atoms with Gasteiger partial charge in [-0.15, -0.1) is 0 Å². The summed E-state index contributed by atoms with van der Waals surface area (Å²) in [5.41, 5.74) is 2.51. The van der Waals surface area contributed by atoms with E-state index in [4.69, 9.17) is 27.9 Å². The molecular weight excluding hydrogens is 657 g/mol. The average molecular weight is 697 g/mol. The van der Waals surface area contributed by atoms with E-state index in [9.17, 15) is 18.0 Å². The lowest BCUT2D eigenvalue weighted by atomic mass is 10.0. The summed E-state index contributed by atoms with van der Waals surface area (Å²) in [5.74, 6) is -0.742. The summed E-state index contributed by atoms with van der Waals surface area (Å²) in [5, 5.41) is 3.80. The molecule has 0 saturated heterocycles. The van der Waals surface area contributed by atoms with Gasteiger partial charge in [0.15, 0.2) is 0 Å². The zero-order chi connectivity index (χ0) is 34.1. The van der Waals surface area contributed by atoms with Crippen LogP contribution in [0.2, 0.25) is 10.0 Å². The number of methoxy groups -OCH3 is 1. The maximum atomic E-state index is 14.6. The quantitative estimate of drug-likeness (QED) is 0.152. The molecule has 248 valence electrons. The highest BCUT2D eigenvalue weighted by molar-refractivity contribution is 7.92. The zero-order valence-electron chi connectivity index (χ0n) is 26.8. The van der Waals surface area contributed by atoms with Gasteiger partial charge in [0, 0.05) is 29.1 Å². The minimum Gasteiger partial charge on any atom is -0.495 e. The number of anilines is 1. The number of amides is 2. The normalized spacial score (nSPS) is 12.6. The lowest BCUT2D eigenvalue weighted by Gasteiger charge is -2.34. The van der Waals surface area contributed by atoms with Crippen LogP contribution in [0.15, 0.2) is 102 Å². The number of sulfonamides is 1. The Morgan fingerprint density at radius 2 is 1.51 bits per heavy atom. The Morgan fingerprint density at radius 3 is 2.13 bits per heavy atom. The van der Waals surface area contributed by atoms with E-state index in [2.05, 4.69) is 5.32 Å². The molecule has 0 unspecified atom stereocenters. The number of nitrogens with one attached hydrogen (secondary N) is 1. The summed E-state index contributed by atoms with van der Waals surface area (Å²) < 4.78 is 35.2. The standard InChI is InChI=1S/C36H39Cl2N3O5S/c1-5-26(3)39-36(43)33(21-27-9-7-6-8-10-27)40(23-28-13-15-29(37)16-14-28)35(42)24-41(32-22-30(38)17-20-34(32)46-4)47(44,45)31-18-11-25(2)12-19-31/h6-20,22,26,33H,5,21,23-24H2,1-4H3,(H,39,43)/t26-,33-/m1/s1. The van der Waals surface area contributed by atoms with E-state index >= 15 is 0 Å². The van der Waals surface area contributed by atoms with Crippen LogP contribution in [-0.2, 0) is 32.6 Å². The number of carbonyl (C=O) groups excluding carboxylic acids is 2. The average Bonchev–Trinajstić information content (AvgIpc) is 3.06. The third kappa shape index (κ3) is 9.28. The van der Waals surface area contributed by atoms with Gasteiger partial charge in [-0.2, -0.15) is 0 Å². The van der Waals surface area contributed by atoms with Gasteiger partial charge in [0.2, 0.25) is 11.8 Å². The summed E-state index contributed by atoms with van der Waals surface area (Å²) >= 11 is 12.5. The predicted molar refractivity (Wildman–Crippen MR) is 188 cm³/mol. The lowest BCUT2D eigenvalue weighted by Crippen LogP contribution is -2.54. The van der Waals surface area contributed by atoms with Crippen LogP contribution >= 0.6 is 23.2 Å². The van der Waals surface area contributed by atoms with Crippen LogP contribution in [0.4, 0.5) is 5.69 Å². The van der Waals surface area contributed by atoms with E-state index in [1.165, 1.54) is 30.2 Å². The van der Waals surface area contributed by atoms with E-state index in [-0.39, 0.29) is 46.3 Å². The van der Waals surface area contributed by atoms with Crippen molar-refractivity contribution >= 4 is 50.7 Å². The number of halogens is 2. The van der Waals surface area contributed by atoms with Gasteiger partial charge in [0.1, 0.15) is 18.3 Å². The number of benzene rings is 4. The maximum absolute atomic E-state index is 14.6. The van der Waals surface area contributed by atoms with Gasteiger partial charge in [-0.1, -0.05) is 90.3 Å². The molecule has 2 amide bonds. The third-order valence-electron chi connectivity index (χ3n) is 7.84. The van der Waals surface area contributed by atoms with Crippen molar-refractivity contribution in [2.24, 2.45) is 0 Å². The summed E-state index contributed by atoms with van der Waals surface area (Å²) in [7, 11) is -2.92. The number of carbonyl (C=O) groups is 2. The number of nitrogens with zero attached hydrogens (tertiary/aromatic N) is 2. The van der Waals surface area contributed by atoms with Crippen molar-refractivity contribution in [3.8, 4) is 5.75 Å². The molecule has 4 aromatic rings. The second kappa shape index (κ2) is 16.2. The fraction of sp³-hybridized carbons (Fsp3) is 0.278. The minimum atomic E-state index is -4.33. The first-order valence-electron chi connectivity index (χ1n) is 15.2. The molecule has 0 heterocycles. The Labute approximate surface area is 287 Å². The van der Waals surface area contributed by atoms with Crippen LogP contribution in [0.3, 0.4) is 0 Å². The highest BCUT2D eigenvalue weighted by atomic mass is 35.5. The van der Waals surface area contributed by atoms with Gasteiger partial charge in [-0.05, 0) is 73.9 Å². The van der Waals surface area contributed by atoms with Gasteiger partial charge in [-0.25, -0.2) is 8.42 Å². The van der Waals surface area contributed by atoms with Gasteiger partial charge < -0.3 is 15.0 Å². The van der Waals surface area contributed by atoms with Crippen molar-refractivity contribution in [1.29, 1.82) is 0 Å². The van der Waals surface area contributed by atoms with Crippen LogP contribution in [-0.4, -0.2) is 50.9 Å². The monoisotopic (exact) mass is 695 g/mol. The number of aryl methyl sites for hydroxylation is 1. The molecular formula is C36H39Cl2N3O5S. The Hall–Kier alpha value is -4.05. The summed E-state index contributed by atoms with van der Waals surface area (Å²) in [6, 6.07) is 26.1. The molecule has 0 radical (unpaired) electrons. The number of hydrogen-bond acceptors (Lipinski definition) is 5.